The maximum Gasteiger partial charge on any atom is 0.237 e. The fourth-order valence-electron chi connectivity index (χ4n) is 4.86. The van der Waals surface area contributed by atoms with Gasteiger partial charge in [-0.05, 0) is 75.1 Å². The maximum absolute atomic E-state index is 13.4. The Morgan fingerprint density at radius 3 is 2.79 bits per heavy atom. The van der Waals surface area contributed by atoms with Crippen molar-refractivity contribution in [2.75, 3.05) is 33.3 Å². The molecule has 158 valence electrons. The molecule has 6 heteroatoms. The van der Waals surface area contributed by atoms with Crippen molar-refractivity contribution in [3.05, 3.63) is 29.3 Å². The van der Waals surface area contributed by atoms with Gasteiger partial charge in [0.1, 0.15) is 5.75 Å². The van der Waals surface area contributed by atoms with E-state index >= 15 is 0 Å². The highest BCUT2D eigenvalue weighted by atomic mass is 16.5. The van der Waals surface area contributed by atoms with Crippen LogP contribution in [0.5, 0.6) is 5.75 Å². The number of hydrogen-bond donors (Lipinski definition) is 2. The van der Waals surface area contributed by atoms with Gasteiger partial charge < -0.3 is 20.3 Å². The first-order valence-electron chi connectivity index (χ1n) is 11.0. The molecule has 3 aliphatic rings. The average Bonchev–Trinajstić information content (AvgIpc) is 3.37. The number of piperidine rings is 1. The van der Waals surface area contributed by atoms with Gasteiger partial charge in [-0.25, -0.2) is 0 Å². The van der Waals surface area contributed by atoms with E-state index in [9.17, 15) is 9.59 Å². The lowest BCUT2D eigenvalue weighted by atomic mass is 9.90. The molecular formula is C23H33N3O3. The largest absolute Gasteiger partial charge is 0.496 e. The SMILES string of the molecule is COc1cc(C2(C(=O)N3CCCC(CNC(=O)C4CCCN4)C3)CC2)ccc1C. The second-order valence-electron chi connectivity index (χ2n) is 8.92. The third-order valence-corrected chi connectivity index (χ3v) is 6.87. The second-order valence-corrected chi connectivity index (χ2v) is 8.92. The standard InChI is InChI=1S/C23H33N3O3/c1-16-7-8-18(13-20(16)29-2)23(9-10-23)22(28)26-12-4-5-17(15-26)14-25-21(27)19-6-3-11-24-19/h7-8,13,17,19,24H,3-6,9-12,14-15H2,1-2H3,(H,25,27). The molecule has 3 fully saturated rings. The van der Waals surface area contributed by atoms with Crippen LogP contribution in [0.25, 0.3) is 0 Å². The molecule has 2 saturated heterocycles. The van der Waals surface area contributed by atoms with Crippen molar-refractivity contribution in [2.45, 2.75) is 56.9 Å². The van der Waals surface area contributed by atoms with Crippen LogP contribution in [0.4, 0.5) is 0 Å². The van der Waals surface area contributed by atoms with Crippen molar-refractivity contribution in [1.29, 1.82) is 0 Å². The number of benzene rings is 1. The van der Waals surface area contributed by atoms with E-state index < -0.39 is 0 Å². The van der Waals surface area contributed by atoms with E-state index in [1.54, 1.807) is 7.11 Å². The van der Waals surface area contributed by atoms with Crippen molar-refractivity contribution in [2.24, 2.45) is 5.92 Å². The number of carbonyl (C=O) groups is 2. The normalized spacial score (nSPS) is 25.5. The number of carbonyl (C=O) groups excluding carboxylic acids is 2. The predicted octanol–water partition coefficient (Wildman–Crippen LogP) is 2.14. The van der Waals surface area contributed by atoms with E-state index in [2.05, 4.69) is 16.7 Å². The molecule has 2 heterocycles. The molecule has 0 bridgehead atoms. The molecule has 1 aromatic rings. The Balaban J connectivity index is 1.37. The number of likely N-dealkylation sites (tertiary alicyclic amines) is 1. The van der Waals surface area contributed by atoms with E-state index in [-0.39, 0.29) is 23.3 Å². The Kier molecular flexibility index (Phi) is 5.81. The number of amides is 2. The van der Waals surface area contributed by atoms with Gasteiger partial charge >= 0.3 is 0 Å². The Labute approximate surface area is 173 Å². The van der Waals surface area contributed by atoms with Crippen LogP contribution in [-0.2, 0) is 15.0 Å². The summed E-state index contributed by atoms with van der Waals surface area (Å²) in [7, 11) is 1.68. The van der Waals surface area contributed by atoms with Gasteiger partial charge in [-0.3, -0.25) is 9.59 Å². The minimum absolute atomic E-state index is 0.0393. The third-order valence-electron chi connectivity index (χ3n) is 6.87. The second kappa shape index (κ2) is 8.34. The number of aryl methyl sites for hydroxylation is 1. The van der Waals surface area contributed by atoms with Gasteiger partial charge in [0.15, 0.2) is 0 Å². The van der Waals surface area contributed by atoms with Crippen LogP contribution in [0.15, 0.2) is 18.2 Å². The number of rotatable bonds is 6. The smallest absolute Gasteiger partial charge is 0.237 e. The van der Waals surface area contributed by atoms with Crippen molar-refractivity contribution >= 4 is 11.8 Å². The number of ether oxygens (including phenoxy) is 1. The Bertz CT molecular complexity index is 769. The molecule has 2 N–H and O–H groups in total. The Morgan fingerprint density at radius 1 is 1.28 bits per heavy atom. The number of methoxy groups -OCH3 is 1. The fourth-order valence-corrected chi connectivity index (χ4v) is 4.86. The lowest BCUT2D eigenvalue weighted by Crippen LogP contribution is -2.49. The summed E-state index contributed by atoms with van der Waals surface area (Å²) in [6.07, 6.45) is 5.86. The first-order valence-corrected chi connectivity index (χ1v) is 11.0. The van der Waals surface area contributed by atoms with Gasteiger partial charge in [-0.1, -0.05) is 12.1 Å². The van der Waals surface area contributed by atoms with Crippen LogP contribution in [0, 0.1) is 12.8 Å². The molecule has 4 rings (SSSR count). The van der Waals surface area contributed by atoms with Gasteiger partial charge in [0.2, 0.25) is 11.8 Å². The molecule has 2 amide bonds. The molecule has 1 saturated carbocycles. The third kappa shape index (κ3) is 4.13. The molecular weight excluding hydrogens is 366 g/mol. The van der Waals surface area contributed by atoms with Gasteiger partial charge in [0.25, 0.3) is 0 Å². The minimum Gasteiger partial charge on any atom is -0.496 e. The summed E-state index contributed by atoms with van der Waals surface area (Å²) in [6.45, 7) is 5.16. The molecule has 6 nitrogen and oxygen atoms in total. The Hall–Kier alpha value is -2.08. The van der Waals surface area contributed by atoms with Crippen molar-refractivity contribution in [1.82, 2.24) is 15.5 Å². The lowest BCUT2D eigenvalue weighted by molar-refractivity contribution is -0.135. The van der Waals surface area contributed by atoms with Gasteiger partial charge in [0, 0.05) is 19.6 Å². The summed E-state index contributed by atoms with van der Waals surface area (Å²) in [5.41, 5.74) is 1.79. The monoisotopic (exact) mass is 399 g/mol. The van der Waals surface area contributed by atoms with E-state index in [1.807, 2.05) is 24.0 Å². The fraction of sp³-hybridized carbons (Fsp3) is 0.652. The van der Waals surface area contributed by atoms with E-state index in [1.165, 1.54) is 0 Å². The summed E-state index contributed by atoms with van der Waals surface area (Å²) in [5.74, 6) is 1.54. The highest BCUT2D eigenvalue weighted by Crippen LogP contribution is 2.50. The number of hydrogen-bond acceptors (Lipinski definition) is 4. The molecule has 2 aliphatic heterocycles. The quantitative estimate of drug-likeness (QED) is 0.769. The lowest BCUT2D eigenvalue weighted by Gasteiger charge is -2.35. The predicted molar refractivity (Wildman–Crippen MR) is 112 cm³/mol. The summed E-state index contributed by atoms with van der Waals surface area (Å²) in [6, 6.07) is 6.13. The summed E-state index contributed by atoms with van der Waals surface area (Å²) < 4.78 is 5.48. The molecule has 2 unspecified atom stereocenters. The summed E-state index contributed by atoms with van der Waals surface area (Å²) >= 11 is 0. The van der Waals surface area contributed by atoms with Crippen molar-refractivity contribution in [3.8, 4) is 5.75 Å². The maximum atomic E-state index is 13.4. The number of nitrogens with one attached hydrogen (secondary N) is 2. The minimum atomic E-state index is -0.375. The zero-order valence-corrected chi connectivity index (χ0v) is 17.6. The Morgan fingerprint density at radius 2 is 2.10 bits per heavy atom. The molecule has 1 aliphatic carbocycles. The molecule has 0 radical (unpaired) electrons. The van der Waals surface area contributed by atoms with Crippen LogP contribution in [0.3, 0.4) is 0 Å². The van der Waals surface area contributed by atoms with Gasteiger partial charge in [-0.2, -0.15) is 0 Å². The van der Waals surface area contributed by atoms with E-state index in [0.717, 1.165) is 75.0 Å². The molecule has 29 heavy (non-hydrogen) atoms. The first kappa shape index (κ1) is 20.2. The van der Waals surface area contributed by atoms with Crippen LogP contribution in [0.2, 0.25) is 0 Å². The molecule has 2 atom stereocenters. The van der Waals surface area contributed by atoms with E-state index in [0.29, 0.717) is 12.5 Å². The van der Waals surface area contributed by atoms with Crippen LogP contribution in [-0.4, -0.2) is 56.0 Å². The van der Waals surface area contributed by atoms with Gasteiger partial charge in [-0.15, -0.1) is 0 Å². The van der Waals surface area contributed by atoms with Crippen LogP contribution in [0.1, 0.15) is 49.7 Å². The molecule has 0 spiro atoms. The van der Waals surface area contributed by atoms with Crippen molar-refractivity contribution in [3.63, 3.8) is 0 Å². The highest BCUT2D eigenvalue weighted by molar-refractivity contribution is 5.91. The van der Waals surface area contributed by atoms with Gasteiger partial charge in [0.05, 0.1) is 18.6 Å². The molecule has 1 aromatic carbocycles. The van der Waals surface area contributed by atoms with E-state index in [4.69, 9.17) is 4.74 Å². The zero-order chi connectivity index (χ0) is 20.4. The van der Waals surface area contributed by atoms with Crippen LogP contribution >= 0.6 is 0 Å². The van der Waals surface area contributed by atoms with Crippen molar-refractivity contribution < 1.29 is 14.3 Å². The number of nitrogens with zero attached hydrogens (tertiary/aromatic N) is 1. The average molecular weight is 400 g/mol. The zero-order valence-electron chi connectivity index (χ0n) is 17.6. The molecule has 0 aromatic heterocycles. The summed E-state index contributed by atoms with van der Waals surface area (Å²) in [5, 5.41) is 6.35. The topological polar surface area (TPSA) is 70.7 Å². The highest BCUT2D eigenvalue weighted by Gasteiger charge is 2.53. The summed E-state index contributed by atoms with van der Waals surface area (Å²) in [4.78, 5) is 27.8. The van der Waals surface area contributed by atoms with Crippen LogP contribution < -0.4 is 15.4 Å². The first-order chi connectivity index (χ1) is 14.0.